The van der Waals surface area contributed by atoms with E-state index in [0.29, 0.717) is 33.4 Å². The molecule has 1 amide bonds. The second-order valence-corrected chi connectivity index (χ2v) is 9.08. The van der Waals surface area contributed by atoms with Crippen molar-refractivity contribution in [2.75, 3.05) is 10.4 Å². The molecule has 0 atom stereocenters. The highest BCUT2D eigenvalue weighted by Gasteiger charge is 2.23. The van der Waals surface area contributed by atoms with Crippen molar-refractivity contribution in [3.8, 4) is 0 Å². The minimum absolute atomic E-state index is 0.0588. The number of nitrogens with one attached hydrogen (secondary N) is 1. The first-order chi connectivity index (χ1) is 15.3. The van der Waals surface area contributed by atoms with Gasteiger partial charge in [0, 0.05) is 18.4 Å². The molecular weight excluding hydrogens is 490 g/mol. The monoisotopic (exact) mass is 508 g/mol. The van der Waals surface area contributed by atoms with Crippen LogP contribution in [0.5, 0.6) is 0 Å². The van der Waals surface area contributed by atoms with Crippen LogP contribution in [0.25, 0.3) is 0 Å². The van der Waals surface area contributed by atoms with Crippen LogP contribution >= 0.6 is 46.4 Å². The summed E-state index contributed by atoms with van der Waals surface area (Å²) in [7, 11) is 0. The van der Waals surface area contributed by atoms with Crippen molar-refractivity contribution in [3.05, 3.63) is 94.0 Å². The fourth-order valence-electron chi connectivity index (χ4n) is 3.11. The molecule has 4 nitrogen and oxygen atoms in total. The zero-order chi connectivity index (χ0) is 23.1. The fourth-order valence-corrected chi connectivity index (χ4v) is 3.71. The van der Waals surface area contributed by atoms with Gasteiger partial charge in [0.1, 0.15) is 4.84 Å². The molecule has 3 aromatic carbocycles. The van der Waals surface area contributed by atoms with Gasteiger partial charge in [0.25, 0.3) is 0 Å². The first kappa shape index (κ1) is 24.4. The van der Waals surface area contributed by atoms with Crippen LogP contribution in [0.15, 0.2) is 72.8 Å². The van der Waals surface area contributed by atoms with Crippen molar-refractivity contribution in [2.24, 2.45) is 0 Å². The van der Waals surface area contributed by atoms with Crippen LogP contribution < -0.4 is 10.4 Å². The lowest BCUT2D eigenvalue weighted by atomic mass is 10.1. The molecule has 0 heterocycles. The van der Waals surface area contributed by atoms with E-state index in [1.807, 2.05) is 36.4 Å². The smallest absolute Gasteiger partial charge is 0.245 e. The summed E-state index contributed by atoms with van der Waals surface area (Å²) in [5.74, 6) is -0.485. The molecule has 0 saturated carbocycles. The maximum Gasteiger partial charge on any atom is 0.245 e. The van der Waals surface area contributed by atoms with E-state index in [1.165, 1.54) is 5.01 Å². The van der Waals surface area contributed by atoms with E-state index in [-0.39, 0.29) is 24.5 Å². The lowest BCUT2D eigenvalue weighted by molar-refractivity contribution is -0.118. The van der Waals surface area contributed by atoms with Crippen molar-refractivity contribution >= 4 is 69.5 Å². The summed E-state index contributed by atoms with van der Waals surface area (Å²) in [6, 6.07) is 21.4. The number of aryl methyl sites for hydroxylation is 1. The molecule has 0 aliphatic rings. The van der Waals surface area contributed by atoms with E-state index in [9.17, 15) is 9.59 Å². The Morgan fingerprint density at radius 1 is 0.875 bits per heavy atom. The number of carbonyl (C=O) groups is 2. The molecule has 0 fully saturated rings. The Morgan fingerprint density at radius 2 is 1.56 bits per heavy atom. The summed E-state index contributed by atoms with van der Waals surface area (Å²) in [5.41, 5.74) is 5.47. The largest absolute Gasteiger partial charge is 0.294 e. The number of rotatable bonds is 9. The van der Waals surface area contributed by atoms with E-state index < -0.39 is 4.84 Å². The Hall–Kier alpha value is -2.24. The summed E-state index contributed by atoms with van der Waals surface area (Å²) < 4.78 is 0. The van der Waals surface area contributed by atoms with Gasteiger partial charge in [0.2, 0.25) is 5.91 Å². The molecule has 3 rings (SSSR count). The summed E-state index contributed by atoms with van der Waals surface area (Å²) in [6.07, 6.45) is 0.564. The number of anilines is 2. The van der Waals surface area contributed by atoms with Crippen molar-refractivity contribution in [3.63, 3.8) is 0 Å². The zero-order valence-corrected chi connectivity index (χ0v) is 19.9. The summed E-state index contributed by atoms with van der Waals surface area (Å²) in [6.45, 7) is 0. The number of benzene rings is 3. The van der Waals surface area contributed by atoms with Gasteiger partial charge in [-0.15, -0.1) is 23.2 Å². The summed E-state index contributed by atoms with van der Waals surface area (Å²) >= 11 is 23.7. The molecule has 0 saturated heterocycles. The second kappa shape index (κ2) is 11.6. The van der Waals surface area contributed by atoms with E-state index in [2.05, 4.69) is 5.43 Å². The Labute approximate surface area is 207 Å². The molecule has 0 bridgehead atoms. The topological polar surface area (TPSA) is 49.4 Å². The van der Waals surface area contributed by atoms with Gasteiger partial charge in [0.05, 0.1) is 21.4 Å². The third kappa shape index (κ3) is 6.63. The molecule has 3 aromatic rings. The number of hydrazine groups is 1. The SMILES string of the molecule is O=C(CC(Cl)Cl)c1ccccc1N(Nc1ccccc1)C(=O)CCc1ccc(Cl)c(Cl)c1. The van der Waals surface area contributed by atoms with Crippen LogP contribution in [-0.4, -0.2) is 16.5 Å². The Balaban J connectivity index is 1.89. The molecule has 166 valence electrons. The number of ketones is 1. The molecule has 0 aliphatic carbocycles. The van der Waals surface area contributed by atoms with Crippen LogP contribution in [0.4, 0.5) is 11.4 Å². The van der Waals surface area contributed by atoms with Crippen LogP contribution in [-0.2, 0) is 11.2 Å². The van der Waals surface area contributed by atoms with Gasteiger partial charge in [-0.3, -0.25) is 15.0 Å². The first-order valence-corrected chi connectivity index (χ1v) is 11.5. The van der Waals surface area contributed by atoms with Gasteiger partial charge in [-0.2, -0.15) is 0 Å². The van der Waals surface area contributed by atoms with Gasteiger partial charge in [-0.1, -0.05) is 59.6 Å². The molecule has 0 unspecified atom stereocenters. The average molecular weight is 510 g/mol. The van der Waals surface area contributed by atoms with E-state index in [1.54, 1.807) is 36.4 Å². The number of Topliss-reactive ketones (excluding diaryl/α,β-unsaturated/α-hetero) is 1. The number of amides is 1. The molecule has 8 heteroatoms. The molecule has 32 heavy (non-hydrogen) atoms. The summed E-state index contributed by atoms with van der Waals surface area (Å²) in [4.78, 5) is 25.2. The van der Waals surface area contributed by atoms with Crippen molar-refractivity contribution in [2.45, 2.75) is 24.1 Å². The van der Waals surface area contributed by atoms with E-state index in [0.717, 1.165) is 5.56 Å². The number of alkyl halides is 2. The number of carbonyl (C=O) groups excluding carboxylic acids is 2. The lowest BCUT2D eigenvalue weighted by Gasteiger charge is -2.26. The van der Waals surface area contributed by atoms with Crippen molar-refractivity contribution < 1.29 is 9.59 Å². The molecule has 0 spiro atoms. The van der Waals surface area contributed by atoms with Crippen LogP contribution in [0.1, 0.15) is 28.8 Å². The highest BCUT2D eigenvalue weighted by atomic mass is 35.5. The van der Waals surface area contributed by atoms with Gasteiger partial charge in [-0.05, 0) is 48.4 Å². The third-order valence-corrected chi connectivity index (χ3v) is 5.71. The Kier molecular flexibility index (Phi) is 8.83. The van der Waals surface area contributed by atoms with Gasteiger partial charge in [-0.25, -0.2) is 5.01 Å². The molecule has 1 N–H and O–H groups in total. The number of hydrogen-bond acceptors (Lipinski definition) is 3. The highest BCUT2D eigenvalue weighted by Crippen LogP contribution is 2.27. The highest BCUT2D eigenvalue weighted by molar-refractivity contribution is 6.45. The standard InChI is InChI=1S/C24H20Cl4N2O2/c25-19-12-10-16(14-20(19)26)11-13-24(32)30(29-17-6-2-1-3-7-17)21-9-5-4-8-18(21)22(31)15-23(27)28/h1-10,12,14,23,29H,11,13,15H2. The summed E-state index contributed by atoms with van der Waals surface area (Å²) in [5, 5.41) is 2.28. The Morgan fingerprint density at radius 3 is 2.25 bits per heavy atom. The zero-order valence-electron chi connectivity index (χ0n) is 16.9. The number of nitrogens with zero attached hydrogens (tertiary/aromatic N) is 1. The molecule has 0 radical (unpaired) electrons. The Bertz CT molecular complexity index is 1090. The van der Waals surface area contributed by atoms with Crippen molar-refractivity contribution in [1.29, 1.82) is 0 Å². The van der Waals surface area contributed by atoms with Gasteiger partial charge < -0.3 is 0 Å². The van der Waals surface area contributed by atoms with Gasteiger partial charge >= 0.3 is 0 Å². The third-order valence-electron chi connectivity index (χ3n) is 4.66. The lowest BCUT2D eigenvalue weighted by Crippen LogP contribution is -2.37. The molecule has 0 aromatic heterocycles. The number of halogens is 4. The van der Waals surface area contributed by atoms with Crippen LogP contribution in [0, 0.1) is 0 Å². The first-order valence-electron chi connectivity index (χ1n) is 9.84. The number of hydrogen-bond donors (Lipinski definition) is 1. The minimum Gasteiger partial charge on any atom is -0.294 e. The van der Waals surface area contributed by atoms with Gasteiger partial charge in [0.15, 0.2) is 5.78 Å². The quantitative estimate of drug-likeness (QED) is 0.186. The minimum atomic E-state index is -0.837. The van der Waals surface area contributed by atoms with Crippen molar-refractivity contribution in [1.82, 2.24) is 0 Å². The van der Waals surface area contributed by atoms with E-state index in [4.69, 9.17) is 46.4 Å². The number of para-hydroxylation sites is 2. The van der Waals surface area contributed by atoms with E-state index >= 15 is 0 Å². The average Bonchev–Trinajstić information content (AvgIpc) is 2.78. The second-order valence-electron chi connectivity index (χ2n) is 6.99. The van der Waals surface area contributed by atoms with Crippen LogP contribution in [0.3, 0.4) is 0 Å². The fraction of sp³-hybridized carbons (Fsp3) is 0.167. The van der Waals surface area contributed by atoms with Crippen LogP contribution in [0.2, 0.25) is 10.0 Å². The maximum atomic E-state index is 13.3. The maximum absolute atomic E-state index is 13.3. The molecule has 0 aliphatic heterocycles. The predicted octanol–water partition coefficient (Wildman–Crippen LogP) is 7.36. The normalized spacial score (nSPS) is 10.8. The molecular formula is C24H20Cl4N2O2. The predicted molar refractivity (Wildman–Crippen MR) is 133 cm³/mol.